The molecule has 8 heteroatoms. The predicted molar refractivity (Wildman–Crippen MR) is 142 cm³/mol. The van der Waals surface area contributed by atoms with Gasteiger partial charge in [0.15, 0.2) is 5.88 Å². The van der Waals surface area contributed by atoms with Gasteiger partial charge >= 0.3 is 0 Å². The molecule has 1 saturated heterocycles. The van der Waals surface area contributed by atoms with Crippen molar-refractivity contribution < 1.29 is 10.0 Å². The summed E-state index contributed by atoms with van der Waals surface area (Å²) in [6.07, 6.45) is 3.82. The minimum atomic E-state index is -0.440. The number of nitro groups is 1. The maximum absolute atomic E-state index is 11.4. The summed E-state index contributed by atoms with van der Waals surface area (Å²) in [6, 6.07) is 20.2. The summed E-state index contributed by atoms with van der Waals surface area (Å²) >= 11 is 3.46. The zero-order valence-electron chi connectivity index (χ0n) is 19.1. The average molecular weight is 533 g/mol. The molecule has 2 N–H and O–H groups in total. The number of non-ortho nitro benzene ring substituents is 1. The summed E-state index contributed by atoms with van der Waals surface area (Å²) in [7, 11) is 0. The van der Waals surface area contributed by atoms with E-state index < -0.39 is 4.92 Å². The summed E-state index contributed by atoms with van der Waals surface area (Å²) in [5, 5.41) is 22.8. The maximum atomic E-state index is 11.4. The molecular weight excluding hydrogens is 508 g/mol. The number of aliphatic imine (C=N–C) groups is 1. The molecule has 2 heterocycles. The van der Waals surface area contributed by atoms with E-state index in [9.17, 15) is 15.2 Å². The molecule has 0 saturated carbocycles. The van der Waals surface area contributed by atoms with E-state index in [4.69, 9.17) is 4.99 Å². The maximum Gasteiger partial charge on any atom is 0.270 e. The van der Waals surface area contributed by atoms with Crippen LogP contribution in [0.5, 0.6) is 5.88 Å². The molecule has 5 rings (SSSR count). The first kappa shape index (κ1) is 23.3. The van der Waals surface area contributed by atoms with Gasteiger partial charge in [-0.05, 0) is 61.8 Å². The highest BCUT2D eigenvalue weighted by Crippen LogP contribution is 2.34. The lowest BCUT2D eigenvalue weighted by atomic mass is 10.0. The number of nitrogens with zero attached hydrogens (tertiary/aromatic N) is 3. The molecule has 3 aromatic carbocycles. The number of piperidine rings is 1. The number of hydrogen-bond acceptors (Lipinski definition) is 5. The van der Waals surface area contributed by atoms with Crippen molar-refractivity contribution in [3.63, 3.8) is 0 Å². The van der Waals surface area contributed by atoms with Gasteiger partial charge in [-0.2, -0.15) is 0 Å². The molecule has 7 nitrogen and oxygen atoms in total. The second-order valence-corrected chi connectivity index (χ2v) is 9.72. The Bertz CT molecular complexity index is 1390. The third-order valence-electron chi connectivity index (χ3n) is 6.36. The van der Waals surface area contributed by atoms with Crippen molar-refractivity contribution in [2.45, 2.75) is 25.8 Å². The van der Waals surface area contributed by atoms with Crippen LogP contribution in [0.1, 0.15) is 36.0 Å². The molecule has 1 aromatic heterocycles. The molecule has 0 bridgehead atoms. The third kappa shape index (κ3) is 5.13. The van der Waals surface area contributed by atoms with E-state index in [0.29, 0.717) is 22.2 Å². The van der Waals surface area contributed by atoms with Gasteiger partial charge < -0.3 is 10.1 Å². The monoisotopic (exact) mass is 532 g/mol. The van der Waals surface area contributed by atoms with E-state index in [-0.39, 0.29) is 11.6 Å². The SMILES string of the molecule is O=[N+]([O-])c1ccc2[nH]c(O)c(C(=Nc3ccc(CN4CCCCC4)cc3)c3ccc(Br)cc3)c2c1. The van der Waals surface area contributed by atoms with Crippen LogP contribution >= 0.6 is 15.9 Å². The summed E-state index contributed by atoms with van der Waals surface area (Å²) in [6.45, 7) is 3.20. The molecular formula is C27H25BrN4O3. The molecule has 0 atom stereocenters. The number of benzene rings is 3. The van der Waals surface area contributed by atoms with E-state index in [1.165, 1.54) is 37.0 Å². The number of nitrogens with one attached hydrogen (secondary N) is 1. The lowest BCUT2D eigenvalue weighted by Gasteiger charge is -2.26. The molecule has 35 heavy (non-hydrogen) atoms. The fraction of sp³-hybridized carbons (Fsp3) is 0.222. The standard InChI is InChI=1S/C27H25BrN4O3/c28-20-8-6-19(7-9-20)26(25-23-16-22(32(34)35)12-13-24(23)30-27(25)33)29-21-10-4-18(5-11-21)17-31-14-2-1-3-15-31/h4-13,16,30,33H,1-3,14-15,17H2. The van der Waals surface area contributed by atoms with E-state index >= 15 is 0 Å². The van der Waals surface area contributed by atoms with Gasteiger partial charge in [-0.1, -0.05) is 46.6 Å². The summed E-state index contributed by atoms with van der Waals surface area (Å²) in [4.78, 5) is 21.3. The molecule has 178 valence electrons. The van der Waals surface area contributed by atoms with Crippen molar-refractivity contribution in [1.82, 2.24) is 9.88 Å². The van der Waals surface area contributed by atoms with Crippen LogP contribution in [-0.4, -0.2) is 38.7 Å². The number of aromatic nitrogens is 1. The molecule has 0 amide bonds. The highest BCUT2D eigenvalue weighted by molar-refractivity contribution is 9.10. The zero-order chi connectivity index (χ0) is 24.4. The molecule has 0 aliphatic carbocycles. The minimum absolute atomic E-state index is 0.0463. The lowest BCUT2D eigenvalue weighted by Crippen LogP contribution is -2.28. The molecule has 1 aliphatic rings. The number of hydrogen-bond donors (Lipinski definition) is 2. The molecule has 4 aromatic rings. The first-order chi connectivity index (χ1) is 17.0. The molecule has 0 unspecified atom stereocenters. The Balaban J connectivity index is 1.57. The second kappa shape index (κ2) is 10.0. The Morgan fingerprint density at radius 2 is 1.74 bits per heavy atom. The van der Waals surface area contributed by atoms with Crippen LogP contribution in [0.4, 0.5) is 11.4 Å². The fourth-order valence-corrected chi connectivity index (χ4v) is 4.84. The van der Waals surface area contributed by atoms with Crippen molar-refractivity contribution >= 4 is 43.9 Å². The van der Waals surface area contributed by atoms with Gasteiger partial charge in [-0.15, -0.1) is 0 Å². The molecule has 1 fully saturated rings. The minimum Gasteiger partial charge on any atom is -0.494 e. The van der Waals surface area contributed by atoms with Crippen LogP contribution in [0.15, 0.2) is 76.2 Å². The van der Waals surface area contributed by atoms with Gasteiger partial charge in [0.2, 0.25) is 0 Å². The number of fused-ring (bicyclic) bond motifs is 1. The van der Waals surface area contributed by atoms with Crippen molar-refractivity contribution in [1.29, 1.82) is 0 Å². The Morgan fingerprint density at radius 1 is 1.03 bits per heavy atom. The van der Waals surface area contributed by atoms with Crippen LogP contribution in [0, 0.1) is 10.1 Å². The van der Waals surface area contributed by atoms with Crippen LogP contribution in [-0.2, 0) is 6.54 Å². The Kier molecular flexibility index (Phi) is 6.66. The predicted octanol–water partition coefficient (Wildman–Crippen LogP) is 6.70. The van der Waals surface area contributed by atoms with Gasteiger partial charge in [0.05, 0.1) is 21.9 Å². The van der Waals surface area contributed by atoms with Crippen molar-refractivity contribution in [3.05, 3.63) is 98.0 Å². The molecule has 0 radical (unpaired) electrons. The zero-order valence-corrected chi connectivity index (χ0v) is 20.7. The van der Waals surface area contributed by atoms with Crippen LogP contribution < -0.4 is 0 Å². The first-order valence-corrected chi connectivity index (χ1v) is 12.4. The number of likely N-dealkylation sites (tertiary alicyclic amines) is 1. The highest BCUT2D eigenvalue weighted by atomic mass is 79.9. The van der Waals surface area contributed by atoms with Crippen LogP contribution in [0.2, 0.25) is 0 Å². The van der Waals surface area contributed by atoms with Gasteiger partial charge in [0.1, 0.15) is 0 Å². The summed E-state index contributed by atoms with van der Waals surface area (Å²) in [5.74, 6) is -0.0797. The van der Waals surface area contributed by atoms with Crippen LogP contribution in [0.3, 0.4) is 0 Å². The number of nitro benzene ring substituents is 1. The van der Waals surface area contributed by atoms with Gasteiger partial charge in [-0.25, -0.2) is 4.99 Å². The largest absolute Gasteiger partial charge is 0.494 e. The van der Waals surface area contributed by atoms with Gasteiger partial charge in [-0.3, -0.25) is 15.0 Å². The first-order valence-electron chi connectivity index (χ1n) is 11.6. The van der Waals surface area contributed by atoms with Crippen molar-refractivity contribution in [2.75, 3.05) is 13.1 Å². The summed E-state index contributed by atoms with van der Waals surface area (Å²) in [5.41, 5.74) is 4.29. The van der Waals surface area contributed by atoms with Crippen LogP contribution in [0.25, 0.3) is 10.9 Å². The van der Waals surface area contributed by atoms with Gasteiger partial charge in [0.25, 0.3) is 5.69 Å². The number of halogens is 1. The van der Waals surface area contributed by atoms with E-state index in [0.717, 1.165) is 35.4 Å². The number of aromatic amines is 1. The smallest absolute Gasteiger partial charge is 0.270 e. The van der Waals surface area contributed by atoms with E-state index in [2.05, 4.69) is 37.9 Å². The van der Waals surface area contributed by atoms with Crippen molar-refractivity contribution in [2.24, 2.45) is 4.99 Å². The number of aromatic hydroxyl groups is 1. The average Bonchev–Trinajstić information content (AvgIpc) is 3.19. The normalized spacial score (nSPS) is 14.9. The van der Waals surface area contributed by atoms with Gasteiger partial charge in [0, 0.05) is 39.6 Å². The molecule has 0 spiro atoms. The highest BCUT2D eigenvalue weighted by Gasteiger charge is 2.21. The Morgan fingerprint density at radius 3 is 2.43 bits per heavy atom. The quantitative estimate of drug-likeness (QED) is 0.164. The Hall–Kier alpha value is -3.49. The fourth-order valence-electron chi connectivity index (χ4n) is 4.57. The second-order valence-electron chi connectivity index (χ2n) is 8.81. The van der Waals surface area contributed by atoms with Crippen molar-refractivity contribution in [3.8, 4) is 5.88 Å². The Labute approximate surface area is 211 Å². The molecule has 1 aliphatic heterocycles. The number of H-pyrrole nitrogens is 1. The van der Waals surface area contributed by atoms with E-state index in [1.54, 1.807) is 6.07 Å². The summed E-state index contributed by atoms with van der Waals surface area (Å²) < 4.78 is 0.918. The number of rotatable bonds is 6. The third-order valence-corrected chi connectivity index (χ3v) is 6.89. The van der Waals surface area contributed by atoms with E-state index in [1.807, 2.05) is 36.4 Å². The topological polar surface area (TPSA) is 94.8 Å². The lowest BCUT2D eigenvalue weighted by molar-refractivity contribution is -0.384.